The van der Waals surface area contributed by atoms with Crippen molar-refractivity contribution >= 4 is 11.6 Å². The van der Waals surface area contributed by atoms with E-state index in [1.807, 2.05) is 36.1 Å². The van der Waals surface area contributed by atoms with Crippen molar-refractivity contribution in [3.63, 3.8) is 0 Å². The summed E-state index contributed by atoms with van der Waals surface area (Å²) in [5.74, 6) is -0.103. The summed E-state index contributed by atoms with van der Waals surface area (Å²) in [6, 6.07) is 7.56. The molecule has 1 saturated heterocycles. The van der Waals surface area contributed by atoms with Gasteiger partial charge >= 0.3 is 0 Å². The second-order valence-electron chi connectivity index (χ2n) is 5.76. The number of nitrogens with zero attached hydrogens (tertiary/aromatic N) is 1. The van der Waals surface area contributed by atoms with Gasteiger partial charge in [0, 0.05) is 17.8 Å². The maximum atomic E-state index is 12.1. The highest BCUT2D eigenvalue weighted by atomic mass is 16.3. The van der Waals surface area contributed by atoms with Gasteiger partial charge < -0.3 is 15.3 Å². The molecule has 4 heteroatoms. The molecular formula is C15H22N2O2. The lowest BCUT2D eigenvalue weighted by Crippen LogP contribution is -2.54. The lowest BCUT2D eigenvalue weighted by molar-refractivity contribution is -0.122. The number of anilines is 1. The summed E-state index contributed by atoms with van der Waals surface area (Å²) < 4.78 is 0. The van der Waals surface area contributed by atoms with Gasteiger partial charge in [0.2, 0.25) is 5.91 Å². The van der Waals surface area contributed by atoms with Crippen LogP contribution in [-0.2, 0) is 4.79 Å². The van der Waals surface area contributed by atoms with Crippen LogP contribution in [0.1, 0.15) is 25.8 Å². The summed E-state index contributed by atoms with van der Waals surface area (Å²) in [5, 5.41) is 12.5. The SMILES string of the molecule is Cc1ccc(N2C(CO)C(=O)NCCC2(C)C)cc1. The zero-order valence-electron chi connectivity index (χ0n) is 11.8. The molecule has 1 aromatic carbocycles. The smallest absolute Gasteiger partial charge is 0.245 e. The van der Waals surface area contributed by atoms with E-state index in [1.54, 1.807) is 0 Å². The minimum absolute atomic E-state index is 0.103. The molecule has 0 aromatic heterocycles. The van der Waals surface area contributed by atoms with Crippen LogP contribution in [0.2, 0.25) is 0 Å². The molecule has 0 spiro atoms. The summed E-state index contributed by atoms with van der Waals surface area (Å²) in [5.41, 5.74) is 1.98. The van der Waals surface area contributed by atoms with E-state index < -0.39 is 6.04 Å². The second-order valence-corrected chi connectivity index (χ2v) is 5.76. The molecule has 1 atom stereocenters. The number of aliphatic hydroxyl groups excluding tert-OH is 1. The highest BCUT2D eigenvalue weighted by molar-refractivity contribution is 5.86. The molecule has 1 unspecified atom stereocenters. The van der Waals surface area contributed by atoms with Gasteiger partial charge in [-0.15, -0.1) is 0 Å². The van der Waals surface area contributed by atoms with E-state index in [0.29, 0.717) is 6.54 Å². The first-order valence-electron chi connectivity index (χ1n) is 6.70. The molecule has 1 aromatic rings. The van der Waals surface area contributed by atoms with E-state index in [0.717, 1.165) is 12.1 Å². The fourth-order valence-corrected chi connectivity index (χ4v) is 2.67. The van der Waals surface area contributed by atoms with Crippen molar-refractivity contribution in [2.24, 2.45) is 0 Å². The summed E-state index contributed by atoms with van der Waals surface area (Å²) in [4.78, 5) is 14.1. The Hall–Kier alpha value is -1.55. The number of hydrogen-bond donors (Lipinski definition) is 2. The van der Waals surface area contributed by atoms with Gasteiger partial charge in [0.05, 0.1) is 6.61 Å². The Balaban J connectivity index is 2.45. The number of aryl methyl sites for hydroxylation is 1. The molecule has 1 heterocycles. The maximum Gasteiger partial charge on any atom is 0.245 e. The van der Waals surface area contributed by atoms with E-state index >= 15 is 0 Å². The standard InChI is InChI=1S/C15H22N2O2/c1-11-4-6-12(7-5-11)17-13(10-18)14(19)16-9-8-15(17,2)3/h4-7,13,18H,8-10H2,1-3H3,(H,16,19). The number of hydrogen-bond acceptors (Lipinski definition) is 3. The van der Waals surface area contributed by atoms with Crippen molar-refractivity contribution in [2.45, 2.75) is 38.8 Å². The first kappa shape index (κ1) is 13.9. The topological polar surface area (TPSA) is 52.6 Å². The highest BCUT2D eigenvalue weighted by Crippen LogP contribution is 2.30. The molecule has 1 fully saturated rings. The largest absolute Gasteiger partial charge is 0.394 e. The van der Waals surface area contributed by atoms with Crippen LogP contribution in [0.25, 0.3) is 0 Å². The molecule has 0 aliphatic carbocycles. The predicted molar refractivity (Wildman–Crippen MR) is 76.2 cm³/mol. The number of amides is 1. The average Bonchev–Trinajstić information content (AvgIpc) is 2.47. The number of benzene rings is 1. The van der Waals surface area contributed by atoms with E-state index in [2.05, 4.69) is 19.2 Å². The van der Waals surface area contributed by atoms with E-state index in [9.17, 15) is 9.90 Å². The van der Waals surface area contributed by atoms with Crippen molar-refractivity contribution in [3.05, 3.63) is 29.8 Å². The van der Waals surface area contributed by atoms with Gasteiger partial charge in [0.1, 0.15) is 6.04 Å². The highest BCUT2D eigenvalue weighted by Gasteiger charge is 2.38. The van der Waals surface area contributed by atoms with Crippen LogP contribution >= 0.6 is 0 Å². The molecule has 1 aliphatic heterocycles. The second kappa shape index (κ2) is 5.21. The first-order chi connectivity index (χ1) is 8.95. The van der Waals surface area contributed by atoms with Crippen LogP contribution in [0.3, 0.4) is 0 Å². The van der Waals surface area contributed by atoms with Gasteiger partial charge in [0.15, 0.2) is 0 Å². The number of aliphatic hydroxyl groups is 1. The van der Waals surface area contributed by atoms with Crippen molar-refractivity contribution in [1.82, 2.24) is 5.32 Å². The van der Waals surface area contributed by atoms with Gasteiger partial charge in [-0.25, -0.2) is 0 Å². The number of carbonyl (C=O) groups is 1. The van der Waals surface area contributed by atoms with Crippen LogP contribution in [0.15, 0.2) is 24.3 Å². The van der Waals surface area contributed by atoms with Crippen LogP contribution in [0, 0.1) is 6.92 Å². The third kappa shape index (κ3) is 2.73. The van der Waals surface area contributed by atoms with Crippen LogP contribution in [-0.4, -0.2) is 35.7 Å². The van der Waals surface area contributed by atoms with Gasteiger partial charge in [-0.2, -0.15) is 0 Å². The van der Waals surface area contributed by atoms with Gasteiger partial charge in [-0.1, -0.05) is 17.7 Å². The van der Waals surface area contributed by atoms with Gasteiger partial charge in [0.25, 0.3) is 0 Å². The minimum atomic E-state index is -0.528. The summed E-state index contributed by atoms with van der Waals surface area (Å²) in [6.45, 7) is 6.72. The number of nitrogens with one attached hydrogen (secondary N) is 1. The zero-order chi connectivity index (χ0) is 14.0. The molecular weight excluding hydrogens is 240 g/mol. The molecule has 19 heavy (non-hydrogen) atoms. The third-order valence-corrected chi connectivity index (χ3v) is 3.79. The van der Waals surface area contributed by atoms with Crippen LogP contribution in [0.4, 0.5) is 5.69 Å². The van der Waals surface area contributed by atoms with Gasteiger partial charge in [-0.05, 0) is 39.3 Å². The molecule has 1 aliphatic rings. The Morgan fingerprint density at radius 3 is 2.58 bits per heavy atom. The molecule has 0 saturated carbocycles. The summed E-state index contributed by atoms with van der Waals surface area (Å²) in [7, 11) is 0. The predicted octanol–water partition coefficient (Wildman–Crippen LogP) is 1.46. The Kier molecular flexibility index (Phi) is 3.80. The maximum absolute atomic E-state index is 12.1. The van der Waals surface area contributed by atoms with Crippen LogP contribution < -0.4 is 10.2 Å². The quantitative estimate of drug-likeness (QED) is 0.848. The molecule has 0 radical (unpaired) electrons. The normalized spacial score (nSPS) is 22.8. The van der Waals surface area contributed by atoms with E-state index in [4.69, 9.17) is 0 Å². The average molecular weight is 262 g/mol. The Morgan fingerprint density at radius 2 is 2.00 bits per heavy atom. The molecule has 1 amide bonds. The Morgan fingerprint density at radius 1 is 1.37 bits per heavy atom. The Bertz CT molecular complexity index is 454. The first-order valence-corrected chi connectivity index (χ1v) is 6.70. The fourth-order valence-electron chi connectivity index (χ4n) is 2.67. The van der Waals surface area contributed by atoms with Crippen LogP contribution in [0.5, 0.6) is 0 Å². The molecule has 104 valence electrons. The fraction of sp³-hybridized carbons (Fsp3) is 0.533. The molecule has 4 nitrogen and oxygen atoms in total. The molecule has 0 bridgehead atoms. The minimum Gasteiger partial charge on any atom is -0.394 e. The van der Waals surface area contributed by atoms with Crippen molar-refractivity contribution in [3.8, 4) is 0 Å². The number of carbonyl (C=O) groups excluding carboxylic acids is 1. The van der Waals surface area contributed by atoms with E-state index in [-0.39, 0.29) is 18.1 Å². The van der Waals surface area contributed by atoms with Crippen molar-refractivity contribution in [1.29, 1.82) is 0 Å². The van der Waals surface area contributed by atoms with Gasteiger partial charge in [-0.3, -0.25) is 4.79 Å². The zero-order valence-corrected chi connectivity index (χ0v) is 11.8. The number of rotatable bonds is 2. The third-order valence-electron chi connectivity index (χ3n) is 3.79. The van der Waals surface area contributed by atoms with E-state index in [1.165, 1.54) is 5.56 Å². The lowest BCUT2D eigenvalue weighted by Gasteiger charge is -2.42. The molecule has 2 rings (SSSR count). The summed E-state index contributed by atoms with van der Waals surface area (Å²) >= 11 is 0. The van der Waals surface area contributed by atoms with Crippen molar-refractivity contribution in [2.75, 3.05) is 18.1 Å². The summed E-state index contributed by atoms with van der Waals surface area (Å²) in [6.07, 6.45) is 0.850. The Labute approximate surface area is 114 Å². The van der Waals surface area contributed by atoms with Crippen molar-refractivity contribution < 1.29 is 9.90 Å². The monoisotopic (exact) mass is 262 g/mol. The lowest BCUT2D eigenvalue weighted by atomic mass is 9.95. The molecule has 2 N–H and O–H groups in total.